The molecule has 1 rings (SSSR count). The molecule has 0 radical (unpaired) electrons. The highest BCUT2D eigenvalue weighted by Gasteiger charge is 2.10. The average Bonchev–Trinajstić information content (AvgIpc) is 2.06. The van der Waals surface area contributed by atoms with Crippen LogP contribution in [0.25, 0.3) is 0 Å². The summed E-state index contributed by atoms with van der Waals surface area (Å²) >= 11 is 3.74. The van der Waals surface area contributed by atoms with E-state index in [0.717, 1.165) is 10.7 Å². The van der Waals surface area contributed by atoms with Crippen molar-refractivity contribution in [2.45, 2.75) is 56.7 Å². The van der Waals surface area contributed by atoms with E-state index in [1.165, 1.54) is 44.9 Å². The Morgan fingerprint density at radius 3 is 2.45 bits per heavy atom. The molecule has 1 aliphatic rings. The molecule has 0 aromatic heterocycles. The van der Waals surface area contributed by atoms with Crippen molar-refractivity contribution in [3.63, 3.8) is 0 Å². The zero-order valence-corrected chi connectivity index (χ0v) is 9.07. The van der Waals surface area contributed by atoms with Crippen molar-refractivity contribution in [1.82, 2.24) is 0 Å². The number of rotatable bonds is 0. The first kappa shape index (κ1) is 9.57. The molecule has 0 N–H and O–H groups in total. The zero-order valence-electron chi connectivity index (χ0n) is 7.48. The largest absolute Gasteiger partial charge is 0.0891 e. The maximum Gasteiger partial charge on any atom is 0.0145 e. The first-order valence-electron chi connectivity index (χ1n) is 4.93. The molecular weight excluding hydrogens is 200 g/mol. The van der Waals surface area contributed by atoms with Gasteiger partial charge < -0.3 is 0 Å². The molecule has 0 bridgehead atoms. The van der Waals surface area contributed by atoms with Gasteiger partial charge in [-0.2, -0.15) is 0 Å². The second-order valence-corrected chi connectivity index (χ2v) is 5.21. The van der Waals surface area contributed by atoms with E-state index >= 15 is 0 Å². The van der Waals surface area contributed by atoms with Crippen molar-refractivity contribution >= 4 is 15.9 Å². The SMILES string of the molecule is CC1CCCCCC(Br)CC1. The van der Waals surface area contributed by atoms with Crippen LogP contribution in [0.3, 0.4) is 0 Å². The molecule has 0 aliphatic heterocycles. The first-order chi connectivity index (χ1) is 5.29. The minimum atomic E-state index is 0.808. The Kier molecular flexibility index (Phi) is 4.51. The summed E-state index contributed by atoms with van der Waals surface area (Å²) in [6, 6.07) is 0. The highest BCUT2D eigenvalue weighted by molar-refractivity contribution is 9.09. The molecule has 1 heteroatoms. The van der Waals surface area contributed by atoms with Crippen LogP contribution >= 0.6 is 15.9 Å². The molecule has 1 saturated carbocycles. The average molecular weight is 219 g/mol. The fraction of sp³-hybridized carbons (Fsp3) is 1.00. The van der Waals surface area contributed by atoms with E-state index in [1.807, 2.05) is 0 Å². The third-order valence-corrected chi connectivity index (χ3v) is 3.60. The fourth-order valence-corrected chi connectivity index (χ4v) is 2.38. The van der Waals surface area contributed by atoms with Crippen LogP contribution in [0, 0.1) is 5.92 Å². The summed E-state index contributed by atoms with van der Waals surface area (Å²) in [6.45, 7) is 2.39. The molecule has 0 nitrogen and oxygen atoms in total. The summed E-state index contributed by atoms with van der Waals surface area (Å²) in [5.74, 6) is 0.966. The molecule has 0 aromatic rings. The number of alkyl halides is 1. The topological polar surface area (TPSA) is 0 Å². The highest BCUT2D eigenvalue weighted by atomic mass is 79.9. The minimum absolute atomic E-state index is 0.808. The van der Waals surface area contributed by atoms with Crippen LogP contribution in [0.5, 0.6) is 0 Å². The molecule has 1 aliphatic carbocycles. The van der Waals surface area contributed by atoms with Gasteiger partial charge in [0.2, 0.25) is 0 Å². The lowest BCUT2D eigenvalue weighted by atomic mass is 9.99. The summed E-state index contributed by atoms with van der Waals surface area (Å²) in [4.78, 5) is 0.808. The summed E-state index contributed by atoms with van der Waals surface area (Å²) in [5.41, 5.74) is 0. The van der Waals surface area contributed by atoms with E-state index in [4.69, 9.17) is 0 Å². The minimum Gasteiger partial charge on any atom is -0.0891 e. The van der Waals surface area contributed by atoms with Gasteiger partial charge in [-0.3, -0.25) is 0 Å². The third-order valence-electron chi connectivity index (χ3n) is 2.69. The normalized spacial score (nSPS) is 35.5. The van der Waals surface area contributed by atoms with Gasteiger partial charge in [0.15, 0.2) is 0 Å². The van der Waals surface area contributed by atoms with E-state index in [2.05, 4.69) is 22.9 Å². The van der Waals surface area contributed by atoms with E-state index < -0.39 is 0 Å². The molecule has 0 saturated heterocycles. The second kappa shape index (κ2) is 5.18. The lowest BCUT2D eigenvalue weighted by Gasteiger charge is -2.10. The Labute approximate surface area is 78.9 Å². The van der Waals surface area contributed by atoms with Crippen LogP contribution in [0.2, 0.25) is 0 Å². The van der Waals surface area contributed by atoms with Crippen molar-refractivity contribution in [3.05, 3.63) is 0 Å². The van der Waals surface area contributed by atoms with Gasteiger partial charge in [0.05, 0.1) is 0 Å². The van der Waals surface area contributed by atoms with Crippen LogP contribution in [0.4, 0.5) is 0 Å². The summed E-state index contributed by atoms with van der Waals surface area (Å²) in [6.07, 6.45) is 10.0. The third kappa shape index (κ3) is 4.15. The Hall–Kier alpha value is 0.480. The quantitative estimate of drug-likeness (QED) is 0.537. The van der Waals surface area contributed by atoms with Crippen LogP contribution in [0.15, 0.2) is 0 Å². The zero-order chi connectivity index (χ0) is 8.10. The predicted octanol–water partition coefficient (Wildman–Crippen LogP) is 4.13. The van der Waals surface area contributed by atoms with Crippen molar-refractivity contribution in [2.24, 2.45) is 5.92 Å². The van der Waals surface area contributed by atoms with Gasteiger partial charge in [0.1, 0.15) is 0 Å². The van der Waals surface area contributed by atoms with Crippen LogP contribution in [-0.4, -0.2) is 4.83 Å². The summed E-state index contributed by atoms with van der Waals surface area (Å²) < 4.78 is 0. The van der Waals surface area contributed by atoms with Gasteiger partial charge >= 0.3 is 0 Å². The van der Waals surface area contributed by atoms with Gasteiger partial charge in [-0.05, 0) is 25.2 Å². The van der Waals surface area contributed by atoms with Crippen LogP contribution in [-0.2, 0) is 0 Å². The highest BCUT2D eigenvalue weighted by Crippen LogP contribution is 2.24. The maximum absolute atomic E-state index is 3.74. The van der Waals surface area contributed by atoms with Gasteiger partial charge in [-0.15, -0.1) is 0 Å². The predicted molar refractivity (Wildman–Crippen MR) is 54.2 cm³/mol. The lowest BCUT2D eigenvalue weighted by Crippen LogP contribution is -1.99. The molecule has 2 unspecified atom stereocenters. The molecule has 0 amide bonds. The number of hydrogen-bond acceptors (Lipinski definition) is 0. The van der Waals surface area contributed by atoms with Gasteiger partial charge in [0.25, 0.3) is 0 Å². The van der Waals surface area contributed by atoms with Gasteiger partial charge in [0, 0.05) is 4.83 Å². The Morgan fingerprint density at radius 2 is 1.64 bits per heavy atom. The molecule has 2 atom stereocenters. The Balaban J connectivity index is 2.25. The standard InChI is InChI=1S/C10H19Br/c1-9-5-3-2-4-6-10(11)8-7-9/h9-10H,2-8H2,1H3. The fourth-order valence-electron chi connectivity index (χ4n) is 1.79. The van der Waals surface area contributed by atoms with E-state index in [9.17, 15) is 0 Å². The molecule has 66 valence electrons. The second-order valence-electron chi connectivity index (χ2n) is 3.92. The van der Waals surface area contributed by atoms with E-state index in [-0.39, 0.29) is 0 Å². The molecule has 11 heavy (non-hydrogen) atoms. The smallest absolute Gasteiger partial charge is 0.0145 e. The Morgan fingerprint density at radius 1 is 0.909 bits per heavy atom. The van der Waals surface area contributed by atoms with E-state index in [1.54, 1.807) is 0 Å². The van der Waals surface area contributed by atoms with Crippen molar-refractivity contribution < 1.29 is 0 Å². The Bertz CT molecular complexity index is 89.0. The van der Waals surface area contributed by atoms with E-state index in [0.29, 0.717) is 0 Å². The van der Waals surface area contributed by atoms with Gasteiger partial charge in [-0.25, -0.2) is 0 Å². The molecule has 0 heterocycles. The summed E-state index contributed by atoms with van der Waals surface area (Å²) in [5, 5.41) is 0. The van der Waals surface area contributed by atoms with Crippen LogP contribution in [0.1, 0.15) is 51.9 Å². The van der Waals surface area contributed by atoms with Crippen LogP contribution < -0.4 is 0 Å². The molecular formula is C10H19Br. The van der Waals surface area contributed by atoms with Gasteiger partial charge in [-0.1, -0.05) is 48.5 Å². The van der Waals surface area contributed by atoms with Crippen molar-refractivity contribution in [1.29, 1.82) is 0 Å². The van der Waals surface area contributed by atoms with Crippen molar-refractivity contribution in [3.8, 4) is 0 Å². The number of hydrogen-bond donors (Lipinski definition) is 0. The lowest BCUT2D eigenvalue weighted by molar-refractivity contribution is 0.467. The molecule has 1 fully saturated rings. The number of halogens is 1. The monoisotopic (exact) mass is 218 g/mol. The first-order valence-corrected chi connectivity index (χ1v) is 5.84. The molecule has 0 aromatic carbocycles. The maximum atomic E-state index is 3.74. The molecule has 0 spiro atoms. The summed E-state index contributed by atoms with van der Waals surface area (Å²) in [7, 11) is 0. The van der Waals surface area contributed by atoms with Crippen molar-refractivity contribution in [2.75, 3.05) is 0 Å².